The average Bonchev–Trinajstić information content (AvgIpc) is 2.41. The van der Waals surface area contributed by atoms with Gasteiger partial charge in [-0.1, -0.05) is 25.1 Å². The lowest BCUT2D eigenvalue weighted by molar-refractivity contribution is 0.669. The minimum atomic E-state index is 0.808. The number of aromatic nitrogens is 2. The topological polar surface area (TPSA) is 37.8 Å². The Balaban J connectivity index is 2.11. The summed E-state index contributed by atoms with van der Waals surface area (Å²) < 4.78 is 0. The average molecular weight is 273 g/mol. The Bertz CT molecular complexity index is 528. The molecule has 3 nitrogen and oxygen atoms in total. The van der Waals surface area contributed by atoms with Gasteiger partial charge in [-0.15, -0.1) is 0 Å². The number of rotatable bonds is 6. The third-order valence-corrected chi connectivity index (χ3v) is 3.69. The second-order valence-corrected chi connectivity index (χ2v) is 5.38. The number of hydrogen-bond acceptors (Lipinski definition) is 4. The fourth-order valence-electron chi connectivity index (χ4n) is 1.72. The van der Waals surface area contributed by atoms with Crippen LogP contribution in [0.2, 0.25) is 0 Å². The lowest BCUT2D eigenvalue weighted by Gasteiger charge is -2.09. The summed E-state index contributed by atoms with van der Waals surface area (Å²) >= 11 is 1.62. The molecule has 0 saturated heterocycles. The molecule has 1 aromatic carbocycles. The predicted molar refractivity (Wildman–Crippen MR) is 79.3 cm³/mol. The molecule has 0 aliphatic rings. The summed E-state index contributed by atoms with van der Waals surface area (Å²) in [5, 5.41) is 4.24. The van der Waals surface area contributed by atoms with E-state index in [0.29, 0.717) is 0 Å². The molecule has 1 aromatic heterocycles. The van der Waals surface area contributed by atoms with Crippen LogP contribution in [0.4, 0.5) is 0 Å². The molecule has 1 heterocycles. The number of benzene rings is 1. The second-order valence-electron chi connectivity index (χ2n) is 4.37. The Morgan fingerprint density at radius 2 is 2.05 bits per heavy atom. The SMILES string of the molecule is CCCNCc1ccccc1Sc1nccc(C)n1. The van der Waals surface area contributed by atoms with E-state index in [2.05, 4.69) is 46.5 Å². The van der Waals surface area contributed by atoms with E-state index >= 15 is 0 Å². The fraction of sp³-hybridized carbons (Fsp3) is 0.333. The molecule has 0 spiro atoms. The molecule has 2 rings (SSSR count). The van der Waals surface area contributed by atoms with Gasteiger partial charge in [-0.25, -0.2) is 9.97 Å². The Morgan fingerprint density at radius 3 is 2.84 bits per heavy atom. The van der Waals surface area contributed by atoms with Gasteiger partial charge in [0.25, 0.3) is 0 Å². The molecule has 2 aromatic rings. The summed E-state index contributed by atoms with van der Waals surface area (Å²) in [5.74, 6) is 0. The Kier molecular flexibility index (Phi) is 5.36. The highest BCUT2D eigenvalue weighted by molar-refractivity contribution is 7.99. The van der Waals surface area contributed by atoms with Crippen molar-refractivity contribution in [2.45, 2.75) is 36.9 Å². The minimum Gasteiger partial charge on any atom is -0.313 e. The van der Waals surface area contributed by atoms with Gasteiger partial charge in [-0.3, -0.25) is 0 Å². The summed E-state index contributed by atoms with van der Waals surface area (Å²) in [6.07, 6.45) is 2.96. The van der Waals surface area contributed by atoms with Gasteiger partial charge in [0.2, 0.25) is 0 Å². The van der Waals surface area contributed by atoms with Gasteiger partial charge in [0.05, 0.1) is 0 Å². The number of nitrogens with one attached hydrogen (secondary N) is 1. The first kappa shape index (κ1) is 14.0. The molecule has 0 aliphatic heterocycles. The summed E-state index contributed by atoms with van der Waals surface area (Å²) in [5.41, 5.74) is 2.30. The molecule has 0 aliphatic carbocycles. The van der Waals surface area contributed by atoms with E-state index in [1.165, 1.54) is 10.5 Å². The molecule has 0 radical (unpaired) electrons. The minimum absolute atomic E-state index is 0.808. The normalized spacial score (nSPS) is 10.6. The van der Waals surface area contributed by atoms with E-state index in [-0.39, 0.29) is 0 Å². The van der Waals surface area contributed by atoms with Gasteiger partial charge in [0, 0.05) is 23.3 Å². The highest BCUT2D eigenvalue weighted by Crippen LogP contribution is 2.27. The van der Waals surface area contributed by atoms with Gasteiger partial charge in [-0.05, 0) is 49.3 Å². The van der Waals surface area contributed by atoms with Crippen molar-refractivity contribution in [3.63, 3.8) is 0 Å². The maximum Gasteiger partial charge on any atom is 0.192 e. The molecule has 19 heavy (non-hydrogen) atoms. The lowest BCUT2D eigenvalue weighted by atomic mass is 10.2. The molecule has 0 amide bonds. The van der Waals surface area contributed by atoms with Gasteiger partial charge in [-0.2, -0.15) is 0 Å². The number of aryl methyl sites for hydroxylation is 1. The summed E-state index contributed by atoms with van der Waals surface area (Å²) in [6, 6.07) is 10.3. The van der Waals surface area contributed by atoms with Crippen LogP contribution < -0.4 is 5.32 Å². The molecular formula is C15H19N3S. The predicted octanol–water partition coefficient (Wildman–Crippen LogP) is 3.44. The molecule has 100 valence electrons. The van der Waals surface area contributed by atoms with Crippen molar-refractivity contribution in [1.82, 2.24) is 15.3 Å². The number of hydrogen-bond donors (Lipinski definition) is 1. The van der Waals surface area contributed by atoms with Crippen LogP contribution in [0.15, 0.2) is 46.6 Å². The first-order valence-electron chi connectivity index (χ1n) is 6.55. The van der Waals surface area contributed by atoms with Crippen LogP contribution in [0, 0.1) is 6.92 Å². The largest absolute Gasteiger partial charge is 0.313 e. The second kappa shape index (κ2) is 7.26. The third-order valence-electron chi connectivity index (χ3n) is 2.69. The van der Waals surface area contributed by atoms with Crippen LogP contribution >= 0.6 is 11.8 Å². The molecule has 1 N–H and O–H groups in total. The monoisotopic (exact) mass is 273 g/mol. The molecule has 4 heteroatoms. The van der Waals surface area contributed by atoms with Gasteiger partial charge >= 0.3 is 0 Å². The van der Waals surface area contributed by atoms with E-state index in [9.17, 15) is 0 Å². The van der Waals surface area contributed by atoms with Crippen LogP contribution in [-0.2, 0) is 6.54 Å². The van der Waals surface area contributed by atoms with Crippen molar-refractivity contribution in [2.75, 3.05) is 6.54 Å². The fourth-order valence-corrected chi connectivity index (χ4v) is 2.64. The Morgan fingerprint density at radius 1 is 1.21 bits per heavy atom. The van der Waals surface area contributed by atoms with Crippen LogP contribution in [0.25, 0.3) is 0 Å². The number of nitrogens with zero attached hydrogens (tertiary/aromatic N) is 2. The zero-order valence-corrected chi connectivity index (χ0v) is 12.2. The zero-order chi connectivity index (χ0) is 13.5. The van der Waals surface area contributed by atoms with E-state index in [1.54, 1.807) is 11.8 Å². The van der Waals surface area contributed by atoms with E-state index in [4.69, 9.17) is 0 Å². The summed E-state index contributed by atoms with van der Waals surface area (Å²) in [6.45, 7) is 6.09. The molecule has 0 atom stereocenters. The first-order chi connectivity index (χ1) is 9.29. The van der Waals surface area contributed by atoms with Crippen LogP contribution in [0.5, 0.6) is 0 Å². The van der Waals surface area contributed by atoms with E-state index in [0.717, 1.165) is 30.4 Å². The van der Waals surface area contributed by atoms with E-state index in [1.807, 2.05) is 19.2 Å². The molecular weight excluding hydrogens is 254 g/mol. The van der Waals surface area contributed by atoms with Gasteiger partial charge < -0.3 is 5.32 Å². The Hall–Kier alpha value is -1.39. The van der Waals surface area contributed by atoms with Crippen molar-refractivity contribution in [1.29, 1.82) is 0 Å². The molecule has 0 fully saturated rings. The van der Waals surface area contributed by atoms with Crippen molar-refractivity contribution in [2.24, 2.45) is 0 Å². The highest BCUT2D eigenvalue weighted by Gasteiger charge is 2.05. The zero-order valence-electron chi connectivity index (χ0n) is 11.4. The van der Waals surface area contributed by atoms with Gasteiger partial charge in [0.1, 0.15) is 0 Å². The van der Waals surface area contributed by atoms with Crippen molar-refractivity contribution in [3.8, 4) is 0 Å². The molecule has 0 bridgehead atoms. The summed E-state index contributed by atoms with van der Waals surface area (Å²) in [4.78, 5) is 9.96. The summed E-state index contributed by atoms with van der Waals surface area (Å²) in [7, 11) is 0. The van der Waals surface area contributed by atoms with Gasteiger partial charge in [0.15, 0.2) is 5.16 Å². The quantitative estimate of drug-likeness (QED) is 0.646. The lowest BCUT2D eigenvalue weighted by Crippen LogP contribution is -2.14. The maximum absolute atomic E-state index is 4.44. The maximum atomic E-state index is 4.44. The standard InChI is InChI=1S/C15H19N3S/c1-3-9-16-11-13-6-4-5-7-14(13)19-15-17-10-8-12(2)18-15/h4-8,10,16H,3,9,11H2,1-2H3. The smallest absolute Gasteiger partial charge is 0.192 e. The Labute approximate surface area is 118 Å². The van der Waals surface area contributed by atoms with Crippen molar-refractivity contribution < 1.29 is 0 Å². The first-order valence-corrected chi connectivity index (χ1v) is 7.37. The highest BCUT2D eigenvalue weighted by atomic mass is 32.2. The third kappa shape index (κ3) is 4.33. The van der Waals surface area contributed by atoms with Crippen LogP contribution in [-0.4, -0.2) is 16.5 Å². The van der Waals surface area contributed by atoms with Crippen LogP contribution in [0.1, 0.15) is 24.6 Å². The van der Waals surface area contributed by atoms with Crippen molar-refractivity contribution in [3.05, 3.63) is 47.8 Å². The van der Waals surface area contributed by atoms with Crippen LogP contribution in [0.3, 0.4) is 0 Å². The van der Waals surface area contributed by atoms with Crippen molar-refractivity contribution >= 4 is 11.8 Å². The molecule has 0 unspecified atom stereocenters. The molecule has 0 saturated carbocycles. The van der Waals surface area contributed by atoms with E-state index < -0.39 is 0 Å².